The van der Waals surface area contributed by atoms with Crippen LogP contribution in [-0.4, -0.2) is 8.32 Å². The summed E-state index contributed by atoms with van der Waals surface area (Å²) < 4.78 is 6.53. The zero-order valence-corrected chi connectivity index (χ0v) is 16.2. The summed E-state index contributed by atoms with van der Waals surface area (Å²) in [7, 11) is -1.54. The van der Waals surface area contributed by atoms with Gasteiger partial charge in [0.05, 0.1) is 5.76 Å². The van der Waals surface area contributed by atoms with Crippen molar-refractivity contribution in [3.8, 4) is 0 Å². The van der Waals surface area contributed by atoms with E-state index in [1.807, 2.05) is 0 Å². The first kappa shape index (κ1) is 18.3. The van der Waals surface area contributed by atoms with E-state index in [2.05, 4.69) is 59.5 Å². The lowest BCUT2D eigenvalue weighted by molar-refractivity contribution is 0.301. The van der Waals surface area contributed by atoms with Crippen LogP contribution < -0.4 is 0 Å². The molecule has 2 heteroatoms. The van der Waals surface area contributed by atoms with E-state index in [0.29, 0.717) is 5.92 Å². The highest BCUT2D eigenvalue weighted by Crippen LogP contribution is 2.37. The first-order chi connectivity index (χ1) is 9.69. The highest BCUT2D eigenvalue weighted by Gasteiger charge is 2.28. The van der Waals surface area contributed by atoms with Crippen molar-refractivity contribution in [3.05, 3.63) is 34.6 Å². The maximum atomic E-state index is 6.53. The van der Waals surface area contributed by atoms with Crippen LogP contribution in [0.1, 0.15) is 59.8 Å². The quantitative estimate of drug-likeness (QED) is 0.396. The summed E-state index contributed by atoms with van der Waals surface area (Å²) in [4.78, 5) is 0. The third kappa shape index (κ3) is 7.17. The summed E-state index contributed by atoms with van der Waals surface area (Å²) in [6, 6.07) is 0. The summed E-state index contributed by atoms with van der Waals surface area (Å²) in [5.74, 6) is 1.94. The Hall–Kier alpha value is -0.763. The van der Waals surface area contributed by atoms with Crippen LogP contribution in [0.25, 0.3) is 0 Å². The van der Waals surface area contributed by atoms with Gasteiger partial charge in [0, 0.05) is 5.92 Å². The van der Waals surface area contributed by atoms with Gasteiger partial charge in [-0.25, -0.2) is 0 Å². The zero-order chi connectivity index (χ0) is 16.0. The van der Waals surface area contributed by atoms with Crippen LogP contribution in [0.4, 0.5) is 0 Å². The van der Waals surface area contributed by atoms with Gasteiger partial charge in [-0.1, -0.05) is 23.3 Å². The first-order valence-electron chi connectivity index (χ1n) is 8.36. The van der Waals surface area contributed by atoms with E-state index in [0.717, 1.165) is 12.8 Å². The van der Waals surface area contributed by atoms with Gasteiger partial charge in [-0.05, 0) is 85.0 Å². The average molecular weight is 307 g/mol. The van der Waals surface area contributed by atoms with Gasteiger partial charge in [0.15, 0.2) is 0 Å². The van der Waals surface area contributed by atoms with E-state index in [1.165, 1.54) is 36.2 Å². The van der Waals surface area contributed by atoms with Gasteiger partial charge >= 0.3 is 0 Å². The molecule has 1 unspecified atom stereocenters. The molecule has 0 saturated heterocycles. The fraction of sp³-hybridized carbons (Fsp3) is 0.684. The summed E-state index contributed by atoms with van der Waals surface area (Å²) in [6.07, 6.45) is 10.8. The van der Waals surface area contributed by atoms with Crippen molar-refractivity contribution >= 4 is 8.32 Å². The Morgan fingerprint density at radius 3 is 2.24 bits per heavy atom. The standard InChI is InChI=1S/C19H34OSi/c1-15(2)11-13-17-9-8-10-18(14-12-16(3)4)19(17)20-21(5,6)7/h11-12,17H,8-10,13-14H2,1-7H3. The zero-order valence-electron chi connectivity index (χ0n) is 15.2. The van der Waals surface area contributed by atoms with Crippen LogP contribution in [-0.2, 0) is 4.43 Å². The van der Waals surface area contributed by atoms with Gasteiger partial charge in [0.1, 0.15) is 0 Å². The normalized spacial score (nSPS) is 19.3. The SMILES string of the molecule is CC(C)=CCC1=C(O[Si](C)(C)C)C(CC=C(C)C)CCC1. The highest BCUT2D eigenvalue weighted by atomic mass is 28.4. The number of rotatable bonds is 6. The second-order valence-electron chi connectivity index (χ2n) is 7.77. The first-order valence-corrected chi connectivity index (χ1v) is 11.8. The van der Waals surface area contributed by atoms with E-state index < -0.39 is 8.32 Å². The number of hydrogen-bond acceptors (Lipinski definition) is 1. The maximum Gasteiger partial charge on any atom is 0.241 e. The molecule has 1 aliphatic carbocycles. The van der Waals surface area contributed by atoms with Crippen LogP contribution in [0, 0.1) is 5.92 Å². The van der Waals surface area contributed by atoms with Crippen LogP contribution in [0.3, 0.4) is 0 Å². The summed E-state index contributed by atoms with van der Waals surface area (Å²) in [5, 5.41) is 0. The van der Waals surface area contributed by atoms with E-state index in [4.69, 9.17) is 4.43 Å². The Balaban J connectivity index is 3.02. The average Bonchev–Trinajstić information content (AvgIpc) is 2.33. The monoisotopic (exact) mass is 306 g/mol. The predicted molar refractivity (Wildman–Crippen MR) is 96.9 cm³/mol. The minimum Gasteiger partial charge on any atom is -0.547 e. The molecule has 1 atom stereocenters. The predicted octanol–water partition coefficient (Wildman–Crippen LogP) is 6.60. The topological polar surface area (TPSA) is 9.23 Å². The smallest absolute Gasteiger partial charge is 0.241 e. The van der Waals surface area contributed by atoms with Gasteiger partial charge in [-0.15, -0.1) is 0 Å². The molecule has 0 amide bonds. The lowest BCUT2D eigenvalue weighted by Gasteiger charge is -2.33. The molecule has 0 heterocycles. The van der Waals surface area contributed by atoms with Crippen molar-refractivity contribution in [3.63, 3.8) is 0 Å². The molecule has 0 radical (unpaired) electrons. The molecule has 0 N–H and O–H groups in total. The van der Waals surface area contributed by atoms with Gasteiger partial charge in [0.25, 0.3) is 0 Å². The third-order valence-electron chi connectivity index (χ3n) is 3.73. The Kier molecular flexibility index (Phi) is 6.99. The molecular formula is C19H34OSi. The van der Waals surface area contributed by atoms with Gasteiger partial charge in [-0.2, -0.15) is 0 Å². The summed E-state index contributed by atoms with van der Waals surface area (Å²) in [6.45, 7) is 15.6. The minimum atomic E-state index is -1.54. The Morgan fingerprint density at radius 2 is 1.71 bits per heavy atom. The van der Waals surface area contributed by atoms with E-state index >= 15 is 0 Å². The van der Waals surface area contributed by atoms with Crippen molar-refractivity contribution in [1.29, 1.82) is 0 Å². The molecule has 1 nitrogen and oxygen atoms in total. The van der Waals surface area contributed by atoms with Gasteiger partial charge < -0.3 is 4.43 Å². The van der Waals surface area contributed by atoms with Crippen LogP contribution in [0.15, 0.2) is 34.6 Å². The second-order valence-corrected chi connectivity index (χ2v) is 12.2. The Bertz CT molecular complexity index is 427. The van der Waals surface area contributed by atoms with E-state index in [-0.39, 0.29) is 0 Å². The highest BCUT2D eigenvalue weighted by molar-refractivity contribution is 6.70. The molecule has 0 spiro atoms. The van der Waals surface area contributed by atoms with E-state index in [1.54, 1.807) is 5.57 Å². The molecule has 1 rings (SSSR count). The molecule has 0 bridgehead atoms. The van der Waals surface area contributed by atoms with Crippen molar-refractivity contribution < 1.29 is 4.43 Å². The second kappa shape index (κ2) is 8.02. The van der Waals surface area contributed by atoms with Crippen molar-refractivity contribution in [2.24, 2.45) is 5.92 Å². The Labute approximate surface area is 133 Å². The maximum absolute atomic E-state index is 6.53. The molecule has 0 fully saturated rings. The number of allylic oxidation sites excluding steroid dienone is 6. The molecule has 21 heavy (non-hydrogen) atoms. The van der Waals surface area contributed by atoms with Crippen LogP contribution in [0.5, 0.6) is 0 Å². The van der Waals surface area contributed by atoms with E-state index in [9.17, 15) is 0 Å². The molecular weight excluding hydrogens is 272 g/mol. The number of hydrogen-bond donors (Lipinski definition) is 0. The third-order valence-corrected chi connectivity index (χ3v) is 4.57. The summed E-state index contributed by atoms with van der Waals surface area (Å²) in [5.41, 5.74) is 4.37. The molecule has 0 aromatic carbocycles. The largest absolute Gasteiger partial charge is 0.547 e. The molecule has 0 saturated carbocycles. The van der Waals surface area contributed by atoms with Gasteiger partial charge in [0.2, 0.25) is 8.32 Å². The van der Waals surface area contributed by atoms with Crippen molar-refractivity contribution in [2.45, 2.75) is 79.4 Å². The van der Waals surface area contributed by atoms with Crippen molar-refractivity contribution in [2.75, 3.05) is 0 Å². The molecule has 0 aromatic heterocycles. The minimum absolute atomic E-state index is 0.598. The lowest BCUT2D eigenvalue weighted by atomic mass is 9.84. The fourth-order valence-corrected chi connectivity index (χ4v) is 3.69. The van der Waals surface area contributed by atoms with Crippen LogP contribution in [0.2, 0.25) is 19.6 Å². The molecule has 120 valence electrons. The Morgan fingerprint density at radius 1 is 1.10 bits per heavy atom. The molecule has 0 aromatic rings. The fourth-order valence-electron chi connectivity index (χ4n) is 2.72. The molecule has 1 aliphatic rings. The van der Waals surface area contributed by atoms with Crippen molar-refractivity contribution in [1.82, 2.24) is 0 Å². The summed E-state index contributed by atoms with van der Waals surface area (Å²) >= 11 is 0. The molecule has 0 aliphatic heterocycles. The van der Waals surface area contributed by atoms with Gasteiger partial charge in [-0.3, -0.25) is 0 Å². The lowest BCUT2D eigenvalue weighted by Crippen LogP contribution is -2.29. The van der Waals surface area contributed by atoms with Crippen LogP contribution >= 0.6 is 0 Å².